The van der Waals surface area contributed by atoms with Gasteiger partial charge < -0.3 is 10.5 Å². The van der Waals surface area contributed by atoms with Gasteiger partial charge in [0.05, 0.1) is 12.2 Å². The van der Waals surface area contributed by atoms with Gasteiger partial charge in [0.1, 0.15) is 0 Å². The molecule has 2 N–H and O–H groups in total. The first-order chi connectivity index (χ1) is 10.2. The zero-order valence-electron chi connectivity index (χ0n) is 12.5. The molecule has 0 spiro atoms. The van der Waals surface area contributed by atoms with Crippen molar-refractivity contribution in [3.05, 3.63) is 29.8 Å². The Morgan fingerprint density at radius 1 is 1.24 bits per heavy atom. The monoisotopic (exact) mass is 288 g/mol. The Labute approximate surface area is 126 Å². The van der Waals surface area contributed by atoms with E-state index >= 15 is 0 Å². The summed E-state index contributed by atoms with van der Waals surface area (Å²) in [4.78, 5) is 14.7. The van der Waals surface area contributed by atoms with Crippen molar-refractivity contribution >= 4 is 11.7 Å². The van der Waals surface area contributed by atoms with Gasteiger partial charge in [-0.05, 0) is 57.0 Å². The SMILES string of the molecule is Nc1cccc(C(=O)OC[C@H]2CCCN3CCCC[C@H]23)c1. The molecule has 2 aliphatic rings. The van der Waals surface area contributed by atoms with Gasteiger partial charge in [-0.1, -0.05) is 12.5 Å². The van der Waals surface area contributed by atoms with Crippen molar-refractivity contribution in [3.63, 3.8) is 0 Å². The van der Waals surface area contributed by atoms with Gasteiger partial charge in [0.15, 0.2) is 0 Å². The second-order valence-electron chi connectivity index (χ2n) is 6.23. The smallest absolute Gasteiger partial charge is 0.338 e. The summed E-state index contributed by atoms with van der Waals surface area (Å²) in [5.41, 5.74) is 6.85. The molecule has 4 heteroatoms. The number of rotatable bonds is 3. The third-order valence-corrected chi connectivity index (χ3v) is 4.78. The van der Waals surface area contributed by atoms with Crippen LogP contribution in [0, 0.1) is 5.92 Å². The molecule has 2 fully saturated rings. The van der Waals surface area contributed by atoms with Gasteiger partial charge in [-0.25, -0.2) is 4.79 Å². The number of carbonyl (C=O) groups is 1. The molecule has 0 amide bonds. The second-order valence-corrected chi connectivity index (χ2v) is 6.23. The summed E-state index contributed by atoms with van der Waals surface area (Å²) in [6, 6.07) is 7.61. The predicted molar refractivity (Wildman–Crippen MR) is 83.1 cm³/mol. The van der Waals surface area contributed by atoms with E-state index in [-0.39, 0.29) is 5.97 Å². The van der Waals surface area contributed by atoms with Gasteiger partial charge in [0, 0.05) is 17.6 Å². The average molecular weight is 288 g/mol. The van der Waals surface area contributed by atoms with Crippen LogP contribution >= 0.6 is 0 Å². The third-order valence-electron chi connectivity index (χ3n) is 4.78. The number of hydrogen-bond acceptors (Lipinski definition) is 4. The molecule has 21 heavy (non-hydrogen) atoms. The molecular weight excluding hydrogens is 264 g/mol. The molecule has 4 nitrogen and oxygen atoms in total. The van der Waals surface area contributed by atoms with E-state index in [9.17, 15) is 4.79 Å². The fourth-order valence-corrected chi connectivity index (χ4v) is 3.70. The van der Waals surface area contributed by atoms with E-state index in [0.29, 0.717) is 29.8 Å². The van der Waals surface area contributed by atoms with E-state index < -0.39 is 0 Å². The highest BCUT2D eigenvalue weighted by Crippen LogP contribution is 2.31. The quantitative estimate of drug-likeness (QED) is 0.686. The summed E-state index contributed by atoms with van der Waals surface area (Å²) < 4.78 is 5.55. The lowest BCUT2D eigenvalue weighted by molar-refractivity contribution is 0.00739. The Kier molecular flexibility index (Phi) is 4.44. The number of benzene rings is 1. The summed E-state index contributed by atoms with van der Waals surface area (Å²) in [6.07, 6.45) is 6.26. The number of esters is 1. The number of nitrogen functional groups attached to an aromatic ring is 1. The van der Waals surface area contributed by atoms with Crippen molar-refractivity contribution in [3.8, 4) is 0 Å². The van der Waals surface area contributed by atoms with Crippen LogP contribution in [0.25, 0.3) is 0 Å². The van der Waals surface area contributed by atoms with Crippen molar-refractivity contribution in [2.24, 2.45) is 5.92 Å². The molecule has 0 bridgehead atoms. The van der Waals surface area contributed by atoms with Crippen molar-refractivity contribution in [1.29, 1.82) is 0 Å². The summed E-state index contributed by atoms with van der Waals surface area (Å²) in [7, 11) is 0. The average Bonchev–Trinajstić information content (AvgIpc) is 2.52. The first-order valence-corrected chi connectivity index (χ1v) is 8.01. The Bertz CT molecular complexity index is 501. The van der Waals surface area contributed by atoms with Crippen LogP contribution in [0.4, 0.5) is 5.69 Å². The number of hydrogen-bond donors (Lipinski definition) is 1. The van der Waals surface area contributed by atoms with Crippen LogP contribution in [0.3, 0.4) is 0 Å². The van der Waals surface area contributed by atoms with Crippen molar-refractivity contribution in [1.82, 2.24) is 4.90 Å². The van der Waals surface area contributed by atoms with Gasteiger partial charge >= 0.3 is 5.97 Å². The van der Waals surface area contributed by atoms with Crippen LogP contribution in [-0.4, -0.2) is 36.6 Å². The number of nitrogens with two attached hydrogens (primary N) is 1. The van der Waals surface area contributed by atoms with Crippen molar-refractivity contribution in [2.75, 3.05) is 25.4 Å². The fraction of sp³-hybridized carbons (Fsp3) is 0.588. The van der Waals surface area contributed by atoms with Crippen molar-refractivity contribution < 1.29 is 9.53 Å². The minimum atomic E-state index is -0.254. The van der Waals surface area contributed by atoms with Crippen LogP contribution in [0.1, 0.15) is 42.5 Å². The van der Waals surface area contributed by atoms with E-state index in [2.05, 4.69) is 4.90 Å². The lowest BCUT2D eigenvalue weighted by atomic mass is 9.84. The van der Waals surface area contributed by atoms with E-state index in [1.807, 2.05) is 0 Å². The Hall–Kier alpha value is -1.55. The molecule has 0 aliphatic carbocycles. The molecule has 0 aromatic heterocycles. The summed E-state index contributed by atoms with van der Waals surface area (Å²) >= 11 is 0. The topological polar surface area (TPSA) is 55.6 Å². The number of ether oxygens (including phenoxy) is 1. The van der Waals surface area contributed by atoms with Crippen LogP contribution in [0.5, 0.6) is 0 Å². The molecule has 2 aliphatic heterocycles. The van der Waals surface area contributed by atoms with E-state index in [1.165, 1.54) is 45.2 Å². The van der Waals surface area contributed by atoms with E-state index in [4.69, 9.17) is 10.5 Å². The first-order valence-electron chi connectivity index (χ1n) is 8.01. The molecule has 0 saturated carbocycles. The van der Waals surface area contributed by atoms with E-state index in [1.54, 1.807) is 24.3 Å². The maximum Gasteiger partial charge on any atom is 0.338 e. The Balaban J connectivity index is 1.57. The zero-order chi connectivity index (χ0) is 14.7. The van der Waals surface area contributed by atoms with Gasteiger partial charge in [-0.15, -0.1) is 0 Å². The van der Waals surface area contributed by atoms with Gasteiger partial charge in [-0.2, -0.15) is 0 Å². The van der Waals surface area contributed by atoms with Gasteiger partial charge in [-0.3, -0.25) is 4.90 Å². The number of fused-ring (bicyclic) bond motifs is 1. The fourth-order valence-electron chi connectivity index (χ4n) is 3.70. The molecule has 3 rings (SSSR count). The van der Waals surface area contributed by atoms with Crippen molar-refractivity contribution in [2.45, 2.75) is 38.1 Å². The summed E-state index contributed by atoms with van der Waals surface area (Å²) in [6.45, 7) is 2.96. The molecule has 2 saturated heterocycles. The second kappa shape index (κ2) is 6.48. The summed E-state index contributed by atoms with van der Waals surface area (Å²) in [5, 5.41) is 0. The molecule has 2 heterocycles. The first kappa shape index (κ1) is 14.4. The minimum Gasteiger partial charge on any atom is -0.462 e. The lowest BCUT2D eigenvalue weighted by Crippen LogP contribution is -2.49. The molecular formula is C17H24N2O2. The van der Waals surface area contributed by atoms with Crippen LogP contribution in [0.2, 0.25) is 0 Å². The Morgan fingerprint density at radius 2 is 2.10 bits per heavy atom. The van der Waals surface area contributed by atoms with Crippen LogP contribution in [0.15, 0.2) is 24.3 Å². The summed E-state index contributed by atoms with van der Waals surface area (Å²) in [5.74, 6) is 0.235. The van der Waals surface area contributed by atoms with Crippen LogP contribution in [-0.2, 0) is 4.74 Å². The minimum absolute atomic E-state index is 0.254. The number of nitrogens with zero attached hydrogens (tertiary/aromatic N) is 1. The largest absolute Gasteiger partial charge is 0.462 e. The van der Waals surface area contributed by atoms with E-state index in [0.717, 1.165) is 0 Å². The number of piperidine rings is 2. The van der Waals surface area contributed by atoms with Crippen LogP contribution < -0.4 is 5.73 Å². The molecule has 0 radical (unpaired) electrons. The normalized spacial score (nSPS) is 26.1. The highest BCUT2D eigenvalue weighted by atomic mass is 16.5. The highest BCUT2D eigenvalue weighted by molar-refractivity contribution is 5.90. The molecule has 2 atom stereocenters. The standard InChI is InChI=1S/C17H24N2O2/c18-15-7-3-5-13(11-15)17(20)21-12-14-6-4-10-19-9-2-1-8-16(14)19/h3,5,7,11,14,16H,1-2,4,6,8-10,12,18H2/t14-,16-/m1/s1. The third kappa shape index (κ3) is 3.38. The lowest BCUT2D eigenvalue weighted by Gasteiger charge is -2.44. The van der Waals surface area contributed by atoms with Gasteiger partial charge in [0.25, 0.3) is 0 Å². The highest BCUT2D eigenvalue weighted by Gasteiger charge is 2.33. The number of carbonyl (C=O) groups excluding carboxylic acids is 1. The Morgan fingerprint density at radius 3 is 2.95 bits per heavy atom. The molecule has 1 aromatic carbocycles. The molecule has 114 valence electrons. The molecule has 1 aromatic rings. The zero-order valence-corrected chi connectivity index (χ0v) is 12.5. The molecule has 0 unspecified atom stereocenters. The number of anilines is 1. The maximum absolute atomic E-state index is 12.1. The maximum atomic E-state index is 12.1. The predicted octanol–water partition coefficient (Wildman–Crippen LogP) is 2.69. The van der Waals surface area contributed by atoms with Gasteiger partial charge in [0.2, 0.25) is 0 Å².